The van der Waals surface area contributed by atoms with E-state index < -0.39 is 0 Å². The number of hydrogen-bond acceptors (Lipinski definition) is 3. The summed E-state index contributed by atoms with van der Waals surface area (Å²) < 4.78 is 0. The van der Waals surface area contributed by atoms with Gasteiger partial charge in [-0.05, 0) is 56.8 Å². The first-order valence-electron chi connectivity index (χ1n) is 7.42. The third-order valence-electron chi connectivity index (χ3n) is 4.04. The number of nitrogens with two attached hydrogens (primary N) is 1. The molecule has 19 heavy (non-hydrogen) atoms. The predicted molar refractivity (Wildman–Crippen MR) is 79.0 cm³/mol. The molecule has 1 aromatic rings. The zero-order chi connectivity index (χ0) is 13.5. The fourth-order valence-corrected chi connectivity index (χ4v) is 2.90. The summed E-state index contributed by atoms with van der Waals surface area (Å²) in [6, 6.07) is 10.8. The smallest absolute Gasteiger partial charge is 0.0679 e. The number of aliphatic hydroxyl groups excluding tert-OH is 1. The molecular formula is C16H26N2O. The molecule has 0 radical (unpaired) electrons. The lowest BCUT2D eigenvalue weighted by atomic mass is 9.90. The van der Waals surface area contributed by atoms with Gasteiger partial charge in [0.2, 0.25) is 0 Å². The van der Waals surface area contributed by atoms with Gasteiger partial charge >= 0.3 is 0 Å². The number of likely N-dealkylation sites (tertiary alicyclic amines) is 1. The second-order valence-electron chi connectivity index (χ2n) is 5.66. The maximum atomic E-state index is 9.78. The van der Waals surface area contributed by atoms with Crippen LogP contribution < -0.4 is 5.73 Å². The molecule has 106 valence electrons. The van der Waals surface area contributed by atoms with E-state index in [1.54, 1.807) is 0 Å². The molecule has 1 unspecified atom stereocenters. The first kappa shape index (κ1) is 14.5. The van der Waals surface area contributed by atoms with Gasteiger partial charge < -0.3 is 15.7 Å². The minimum absolute atomic E-state index is 0.254. The van der Waals surface area contributed by atoms with Gasteiger partial charge in [-0.3, -0.25) is 0 Å². The average molecular weight is 262 g/mol. The SMILES string of the molecule is NCCC(O)CN1CCC(Cc2ccccc2)CC1. The summed E-state index contributed by atoms with van der Waals surface area (Å²) in [6.07, 6.45) is 4.13. The van der Waals surface area contributed by atoms with Gasteiger partial charge in [0.15, 0.2) is 0 Å². The third kappa shape index (κ3) is 4.94. The quantitative estimate of drug-likeness (QED) is 0.819. The van der Waals surface area contributed by atoms with Crippen molar-refractivity contribution in [2.75, 3.05) is 26.2 Å². The highest BCUT2D eigenvalue weighted by Gasteiger charge is 2.20. The van der Waals surface area contributed by atoms with Crippen LogP contribution in [0.5, 0.6) is 0 Å². The zero-order valence-corrected chi connectivity index (χ0v) is 11.7. The second-order valence-corrected chi connectivity index (χ2v) is 5.66. The number of β-amino-alcohol motifs (C(OH)–C–C–N with tert-alkyl or cyclic N) is 1. The Morgan fingerprint density at radius 2 is 1.89 bits per heavy atom. The van der Waals surface area contributed by atoms with Crippen LogP contribution in [0.25, 0.3) is 0 Å². The summed E-state index contributed by atoms with van der Waals surface area (Å²) in [7, 11) is 0. The molecule has 1 fully saturated rings. The lowest BCUT2D eigenvalue weighted by molar-refractivity contribution is 0.0853. The molecule has 1 heterocycles. The molecule has 0 bridgehead atoms. The first-order valence-corrected chi connectivity index (χ1v) is 7.42. The minimum Gasteiger partial charge on any atom is -0.392 e. The van der Waals surface area contributed by atoms with Crippen LogP contribution in [0.4, 0.5) is 0 Å². The number of piperidine rings is 1. The van der Waals surface area contributed by atoms with Gasteiger partial charge in [-0.2, -0.15) is 0 Å². The van der Waals surface area contributed by atoms with Gasteiger partial charge in [0.05, 0.1) is 6.10 Å². The molecule has 3 N–H and O–H groups in total. The van der Waals surface area contributed by atoms with Gasteiger partial charge in [0, 0.05) is 6.54 Å². The van der Waals surface area contributed by atoms with E-state index in [9.17, 15) is 5.11 Å². The van der Waals surface area contributed by atoms with Crippen LogP contribution in [-0.4, -0.2) is 42.3 Å². The Labute approximate surface area is 116 Å². The van der Waals surface area contributed by atoms with E-state index in [1.165, 1.54) is 24.8 Å². The molecule has 0 amide bonds. The lowest BCUT2D eigenvalue weighted by Gasteiger charge is -2.33. The van der Waals surface area contributed by atoms with Crippen LogP contribution in [0.1, 0.15) is 24.8 Å². The zero-order valence-electron chi connectivity index (χ0n) is 11.7. The van der Waals surface area contributed by atoms with Crippen LogP contribution >= 0.6 is 0 Å². The Morgan fingerprint density at radius 1 is 1.21 bits per heavy atom. The summed E-state index contributed by atoms with van der Waals surface area (Å²) >= 11 is 0. The highest BCUT2D eigenvalue weighted by molar-refractivity contribution is 5.15. The van der Waals surface area contributed by atoms with Crippen molar-refractivity contribution in [3.05, 3.63) is 35.9 Å². The first-order chi connectivity index (χ1) is 9.28. The highest BCUT2D eigenvalue weighted by Crippen LogP contribution is 2.21. The number of benzene rings is 1. The van der Waals surface area contributed by atoms with E-state index in [4.69, 9.17) is 5.73 Å². The van der Waals surface area contributed by atoms with Crippen molar-refractivity contribution in [1.29, 1.82) is 0 Å². The van der Waals surface area contributed by atoms with E-state index in [1.807, 2.05) is 0 Å². The summed E-state index contributed by atoms with van der Waals surface area (Å²) in [5, 5.41) is 9.78. The third-order valence-corrected chi connectivity index (χ3v) is 4.04. The van der Waals surface area contributed by atoms with Gasteiger partial charge in [0.1, 0.15) is 0 Å². The molecule has 1 aromatic carbocycles. The van der Waals surface area contributed by atoms with E-state index in [2.05, 4.69) is 35.2 Å². The molecule has 1 aliphatic heterocycles. The van der Waals surface area contributed by atoms with Crippen LogP contribution in [0.15, 0.2) is 30.3 Å². The molecule has 0 aromatic heterocycles. The van der Waals surface area contributed by atoms with Crippen molar-refractivity contribution in [1.82, 2.24) is 4.90 Å². The van der Waals surface area contributed by atoms with Crippen molar-refractivity contribution in [2.24, 2.45) is 11.7 Å². The minimum atomic E-state index is -0.254. The van der Waals surface area contributed by atoms with Crippen molar-refractivity contribution >= 4 is 0 Å². The largest absolute Gasteiger partial charge is 0.392 e. The molecule has 0 saturated carbocycles. The van der Waals surface area contributed by atoms with Crippen molar-refractivity contribution < 1.29 is 5.11 Å². The van der Waals surface area contributed by atoms with E-state index in [0.717, 1.165) is 25.6 Å². The van der Waals surface area contributed by atoms with E-state index in [0.29, 0.717) is 13.0 Å². The average Bonchev–Trinajstić information content (AvgIpc) is 2.42. The van der Waals surface area contributed by atoms with Crippen molar-refractivity contribution in [2.45, 2.75) is 31.8 Å². The molecular weight excluding hydrogens is 236 g/mol. The fraction of sp³-hybridized carbons (Fsp3) is 0.625. The second kappa shape index (κ2) is 7.63. The maximum Gasteiger partial charge on any atom is 0.0679 e. The van der Waals surface area contributed by atoms with Gasteiger partial charge in [-0.1, -0.05) is 30.3 Å². The molecule has 1 aliphatic rings. The number of nitrogens with zero attached hydrogens (tertiary/aromatic N) is 1. The normalized spacial score (nSPS) is 19.5. The van der Waals surface area contributed by atoms with Crippen LogP contribution in [0.3, 0.4) is 0 Å². The Hall–Kier alpha value is -0.900. The Balaban J connectivity index is 1.70. The van der Waals surface area contributed by atoms with Gasteiger partial charge in [-0.15, -0.1) is 0 Å². The molecule has 1 saturated heterocycles. The van der Waals surface area contributed by atoms with Crippen LogP contribution in [0.2, 0.25) is 0 Å². The molecule has 0 spiro atoms. The summed E-state index contributed by atoms with van der Waals surface area (Å²) in [6.45, 7) is 3.58. The van der Waals surface area contributed by atoms with Gasteiger partial charge in [-0.25, -0.2) is 0 Å². The number of hydrogen-bond donors (Lipinski definition) is 2. The van der Waals surface area contributed by atoms with Gasteiger partial charge in [0.25, 0.3) is 0 Å². The Kier molecular flexibility index (Phi) is 5.83. The number of aliphatic hydroxyl groups is 1. The number of rotatable bonds is 6. The van der Waals surface area contributed by atoms with Crippen molar-refractivity contribution in [3.63, 3.8) is 0 Å². The summed E-state index contributed by atoms with van der Waals surface area (Å²) in [4.78, 5) is 2.38. The standard InChI is InChI=1S/C16H26N2O/c17-9-6-16(19)13-18-10-7-15(8-11-18)12-14-4-2-1-3-5-14/h1-5,15-16,19H,6-13,17H2. The Bertz CT molecular complexity index is 347. The molecule has 3 nitrogen and oxygen atoms in total. The topological polar surface area (TPSA) is 49.5 Å². The van der Waals surface area contributed by atoms with Crippen LogP contribution in [-0.2, 0) is 6.42 Å². The summed E-state index contributed by atoms with van der Waals surface area (Å²) in [5.41, 5.74) is 6.91. The fourth-order valence-electron chi connectivity index (χ4n) is 2.90. The van der Waals surface area contributed by atoms with Crippen LogP contribution in [0, 0.1) is 5.92 Å². The molecule has 3 heteroatoms. The lowest BCUT2D eigenvalue weighted by Crippen LogP contribution is -2.39. The Morgan fingerprint density at radius 3 is 2.53 bits per heavy atom. The summed E-state index contributed by atoms with van der Waals surface area (Å²) in [5.74, 6) is 0.797. The molecule has 0 aliphatic carbocycles. The maximum absolute atomic E-state index is 9.78. The predicted octanol–water partition coefficient (Wildman–Crippen LogP) is 1.65. The highest BCUT2D eigenvalue weighted by atomic mass is 16.3. The monoisotopic (exact) mass is 262 g/mol. The van der Waals surface area contributed by atoms with E-state index >= 15 is 0 Å². The van der Waals surface area contributed by atoms with E-state index in [-0.39, 0.29) is 6.10 Å². The molecule has 2 rings (SSSR count). The molecule has 1 atom stereocenters. The van der Waals surface area contributed by atoms with Crippen molar-refractivity contribution in [3.8, 4) is 0 Å².